The molecule has 0 aliphatic heterocycles. The molecule has 0 amide bonds. The van der Waals surface area contributed by atoms with Crippen LogP contribution in [-0.4, -0.2) is 17.4 Å². The Bertz CT molecular complexity index is 883. The van der Waals surface area contributed by atoms with Gasteiger partial charge in [0.25, 0.3) is 0 Å². The number of hydrogen-bond acceptors (Lipinski definition) is 2. The minimum Gasteiger partial charge on any atom is -0.478 e. The minimum atomic E-state index is -4.41. The zero-order valence-electron chi connectivity index (χ0n) is 15.9. The number of halogens is 9. The largest absolute Gasteiger partial charge is 0.478 e. The van der Waals surface area contributed by atoms with Crippen LogP contribution in [-0.2, 0) is 28.4 Å². The molecule has 3 nitrogen and oxygen atoms in total. The van der Waals surface area contributed by atoms with E-state index in [2.05, 4.69) is 37.2 Å². The van der Waals surface area contributed by atoms with Gasteiger partial charge in [0.05, 0.1) is 11.1 Å². The Morgan fingerprint density at radius 3 is 1.91 bits per heavy atom. The van der Waals surface area contributed by atoms with Crippen LogP contribution >= 0.6 is 37.2 Å². The maximum atomic E-state index is 12.2. The van der Waals surface area contributed by atoms with Gasteiger partial charge in [0.1, 0.15) is 6.29 Å². The summed E-state index contributed by atoms with van der Waals surface area (Å²) in [4.78, 5) is 20.2. The van der Waals surface area contributed by atoms with E-state index in [4.69, 9.17) is 5.11 Å². The molecule has 0 bridgehead atoms. The average Bonchev–Trinajstić information content (AvgIpc) is 2.71. The molecule has 0 radical (unpaired) electrons. The second kappa shape index (κ2) is 15.8. The van der Waals surface area contributed by atoms with Crippen LogP contribution < -0.4 is 13.3 Å². The van der Waals surface area contributed by atoms with Gasteiger partial charge in [-0.25, -0.2) is 4.79 Å². The summed E-state index contributed by atoms with van der Waals surface area (Å²) in [5, 5.41) is 8.29. The van der Waals surface area contributed by atoms with Gasteiger partial charge in [0, 0.05) is 12.5 Å². The number of carboxylic acids is 1. The number of alkyl halides is 6. The van der Waals surface area contributed by atoms with Gasteiger partial charge in [0.2, 0.25) is 0 Å². The first-order valence-electron chi connectivity index (χ1n) is 8.40. The quantitative estimate of drug-likeness (QED) is 0.211. The Hall–Kier alpha value is -0.910. The first-order valence-corrected chi connectivity index (χ1v) is 21.0. The molecule has 0 saturated heterocycles. The number of aliphatic carboxylic acids is 1. The molecule has 0 atom stereocenters. The predicted octanol–water partition coefficient (Wildman–Crippen LogP) is 4.42. The fraction of sp³-hybridized carbons (Fsp3) is 0.200. The molecule has 0 fully saturated rings. The SMILES string of the molecule is I[I-]I.O=C(O)/C=C/c1cccc(C(F)(F)F)c1.O=CCCc1cccc(C(F)(F)F)c1. The summed E-state index contributed by atoms with van der Waals surface area (Å²) < 4.78 is 73.3. The zero-order valence-corrected chi connectivity index (χ0v) is 22.4. The van der Waals surface area contributed by atoms with Gasteiger partial charge in [0.15, 0.2) is 0 Å². The summed E-state index contributed by atoms with van der Waals surface area (Å²) in [6, 6.07) is 9.46. The minimum absolute atomic E-state index is 0.201. The van der Waals surface area contributed by atoms with E-state index in [1.807, 2.05) is 0 Å². The molecule has 0 saturated carbocycles. The van der Waals surface area contributed by atoms with E-state index in [1.165, 1.54) is 18.2 Å². The molecular formula is C20H16F6I3O3-. The van der Waals surface area contributed by atoms with Gasteiger partial charge < -0.3 is 9.90 Å². The van der Waals surface area contributed by atoms with Gasteiger partial charge in [-0.05, 0) is 41.8 Å². The molecule has 0 spiro atoms. The fourth-order valence-electron chi connectivity index (χ4n) is 2.11. The summed E-state index contributed by atoms with van der Waals surface area (Å²) in [5.41, 5.74) is -0.727. The van der Waals surface area contributed by atoms with Crippen molar-refractivity contribution in [2.75, 3.05) is 0 Å². The molecule has 0 unspecified atom stereocenters. The third kappa shape index (κ3) is 14.3. The molecule has 2 aromatic rings. The summed E-state index contributed by atoms with van der Waals surface area (Å²) in [6.07, 6.45) is -5.52. The Morgan fingerprint density at radius 1 is 0.938 bits per heavy atom. The van der Waals surface area contributed by atoms with E-state index in [9.17, 15) is 35.9 Å². The zero-order chi connectivity index (χ0) is 24.8. The fourth-order valence-corrected chi connectivity index (χ4v) is 2.11. The van der Waals surface area contributed by atoms with E-state index in [0.29, 0.717) is 31.5 Å². The second-order valence-corrected chi connectivity index (χ2v) is 22.0. The van der Waals surface area contributed by atoms with Crippen molar-refractivity contribution in [2.45, 2.75) is 25.2 Å². The molecule has 1 N–H and O–H groups in total. The van der Waals surface area contributed by atoms with Gasteiger partial charge in [-0.1, -0.05) is 30.3 Å². The van der Waals surface area contributed by atoms with Gasteiger partial charge >= 0.3 is 68.8 Å². The Labute approximate surface area is 210 Å². The number of hydrogen-bond donors (Lipinski definition) is 1. The van der Waals surface area contributed by atoms with Crippen molar-refractivity contribution in [3.8, 4) is 0 Å². The molecule has 0 aromatic heterocycles. The van der Waals surface area contributed by atoms with Crippen LogP contribution in [0.15, 0.2) is 54.6 Å². The normalized spacial score (nSPS) is 11.2. The Morgan fingerprint density at radius 2 is 1.44 bits per heavy atom. The molecule has 0 heterocycles. The van der Waals surface area contributed by atoms with Crippen molar-refractivity contribution >= 4 is 55.6 Å². The monoisotopic (exact) mass is 799 g/mol. The Kier molecular flexibility index (Phi) is 15.4. The topological polar surface area (TPSA) is 54.4 Å². The number of rotatable bonds is 5. The molecule has 2 rings (SSSR count). The third-order valence-corrected chi connectivity index (χ3v) is 3.44. The molecule has 12 heteroatoms. The van der Waals surface area contributed by atoms with Crippen molar-refractivity contribution in [1.82, 2.24) is 0 Å². The van der Waals surface area contributed by atoms with E-state index in [1.54, 1.807) is 6.07 Å². The predicted molar refractivity (Wildman–Crippen MR) is 122 cm³/mol. The van der Waals surface area contributed by atoms with Gasteiger partial charge in [-0.15, -0.1) is 0 Å². The van der Waals surface area contributed by atoms with E-state index in [0.717, 1.165) is 36.4 Å². The number of aldehydes is 1. The summed E-state index contributed by atoms with van der Waals surface area (Å²) in [6.45, 7) is 0. The number of carbonyl (C=O) groups excluding carboxylic acids is 1. The first-order chi connectivity index (χ1) is 14.8. The molecule has 32 heavy (non-hydrogen) atoms. The average molecular weight is 799 g/mol. The molecule has 0 aliphatic rings. The maximum absolute atomic E-state index is 12.2. The van der Waals surface area contributed by atoms with Crippen LogP contribution in [0.1, 0.15) is 28.7 Å². The smallest absolute Gasteiger partial charge is 0.416 e. The van der Waals surface area contributed by atoms with Crippen molar-refractivity contribution < 1.29 is 54.3 Å². The molecular weight excluding hydrogens is 783 g/mol. The molecule has 178 valence electrons. The first kappa shape index (κ1) is 31.1. The van der Waals surface area contributed by atoms with E-state index < -0.39 is 29.4 Å². The third-order valence-electron chi connectivity index (χ3n) is 3.44. The van der Waals surface area contributed by atoms with Crippen LogP contribution in [0.25, 0.3) is 6.08 Å². The summed E-state index contributed by atoms with van der Waals surface area (Å²) >= 11 is 5.30. The van der Waals surface area contributed by atoms with E-state index >= 15 is 0 Å². The molecule has 2 aromatic carbocycles. The van der Waals surface area contributed by atoms with Gasteiger partial charge in [-0.3, -0.25) is 0 Å². The van der Waals surface area contributed by atoms with Crippen LogP contribution in [0.4, 0.5) is 26.3 Å². The summed E-state index contributed by atoms with van der Waals surface area (Å²) in [5.74, 6) is -1.20. The number of aryl methyl sites for hydroxylation is 1. The van der Waals surface area contributed by atoms with Crippen LogP contribution in [0, 0.1) is 0 Å². The van der Waals surface area contributed by atoms with Crippen molar-refractivity contribution in [3.63, 3.8) is 0 Å². The van der Waals surface area contributed by atoms with Crippen LogP contribution in [0.5, 0.6) is 0 Å². The molecule has 0 aliphatic carbocycles. The Balaban J connectivity index is 0.000000536. The second-order valence-electron chi connectivity index (χ2n) is 5.75. The van der Waals surface area contributed by atoms with Crippen molar-refractivity contribution in [1.29, 1.82) is 0 Å². The number of benzene rings is 2. The van der Waals surface area contributed by atoms with Crippen LogP contribution in [0.3, 0.4) is 0 Å². The van der Waals surface area contributed by atoms with Crippen LogP contribution in [0.2, 0.25) is 0 Å². The standard InChI is InChI=1S/C10H7F3O2.C10H9F3O.I3/c11-10(12,13)8-3-1-2-7(6-8)4-5-9(14)15;11-10(12,13)9-5-1-3-8(7-9)4-2-6-14;1-3-2/h1-6H,(H,14,15);1,3,5-7H,2,4H2;/q;;-1/b5-4+;;. The van der Waals surface area contributed by atoms with E-state index in [-0.39, 0.29) is 12.0 Å². The van der Waals surface area contributed by atoms with Gasteiger partial charge in [-0.2, -0.15) is 26.3 Å². The van der Waals surface area contributed by atoms with Crippen molar-refractivity contribution in [3.05, 3.63) is 76.9 Å². The maximum Gasteiger partial charge on any atom is 0.416 e. The number of carbonyl (C=O) groups is 2. The van der Waals surface area contributed by atoms with Crippen molar-refractivity contribution in [2.24, 2.45) is 0 Å². The number of carboxylic acid groups (broad SMARTS) is 1. The summed E-state index contributed by atoms with van der Waals surface area (Å²) in [7, 11) is 0.